The molecule has 1 saturated heterocycles. The summed E-state index contributed by atoms with van der Waals surface area (Å²) in [5, 5.41) is 3.12. The molecule has 0 radical (unpaired) electrons. The fraction of sp³-hybridized carbons (Fsp3) is 0.619. The molecule has 0 aromatic carbocycles. The summed E-state index contributed by atoms with van der Waals surface area (Å²) in [7, 11) is 0. The third kappa shape index (κ3) is 5.53. The van der Waals surface area contributed by atoms with Gasteiger partial charge in [0.2, 0.25) is 5.91 Å². The lowest BCUT2D eigenvalue weighted by Crippen LogP contribution is -2.40. The number of hydrogen-bond acceptors (Lipinski definition) is 5. The van der Waals surface area contributed by atoms with E-state index in [-0.39, 0.29) is 23.4 Å². The molecule has 158 valence electrons. The highest BCUT2D eigenvalue weighted by molar-refractivity contribution is 5.79. The van der Waals surface area contributed by atoms with Gasteiger partial charge < -0.3 is 14.9 Å². The van der Waals surface area contributed by atoms with Crippen LogP contribution >= 0.6 is 0 Å². The molecule has 2 N–H and O–H groups in total. The maximum atomic E-state index is 12.6. The molecule has 2 aromatic heterocycles. The number of hydrogen-bond donors (Lipinski definition) is 2. The van der Waals surface area contributed by atoms with E-state index >= 15 is 0 Å². The van der Waals surface area contributed by atoms with Gasteiger partial charge in [-0.3, -0.25) is 14.5 Å². The van der Waals surface area contributed by atoms with E-state index in [0.29, 0.717) is 24.8 Å². The highest BCUT2D eigenvalue weighted by Gasteiger charge is 2.23. The highest BCUT2D eigenvalue weighted by Crippen LogP contribution is 2.19. The van der Waals surface area contributed by atoms with Crippen LogP contribution in [0, 0.1) is 12.8 Å². The Bertz CT molecular complexity index is 879. The highest BCUT2D eigenvalue weighted by atomic mass is 16.2. The number of nitrogens with one attached hydrogen (secondary N) is 2. The van der Waals surface area contributed by atoms with Crippen LogP contribution in [0.3, 0.4) is 0 Å². The van der Waals surface area contributed by atoms with Crippen molar-refractivity contribution in [1.82, 2.24) is 29.7 Å². The fourth-order valence-corrected chi connectivity index (χ4v) is 3.92. The molecule has 1 fully saturated rings. The second-order valence-electron chi connectivity index (χ2n) is 8.31. The van der Waals surface area contributed by atoms with Crippen LogP contribution in [0.1, 0.15) is 62.9 Å². The van der Waals surface area contributed by atoms with Crippen molar-refractivity contribution in [2.24, 2.45) is 5.92 Å². The Kier molecular flexibility index (Phi) is 6.84. The van der Waals surface area contributed by atoms with E-state index in [2.05, 4.69) is 39.0 Å². The lowest BCUT2D eigenvalue weighted by molar-refractivity contribution is -0.124. The third-order valence-electron chi connectivity index (χ3n) is 5.58. The van der Waals surface area contributed by atoms with Crippen molar-refractivity contribution in [3.05, 3.63) is 46.2 Å². The largest absolute Gasteiger partial charge is 0.354 e. The van der Waals surface area contributed by atoms with Gasteiger partial charge in [-0.25, -0.2) is 9.97 Å². The average Bonchev–Trinajstić information content (AvgIpc) is 3.16. The number of carbonyl (C=O) groups excluding carboxylic acids is 1. The molecule has 0 bridgehead atoms. The normalized spacial score (nSPS) is 16.9. The second-order valence-corrected chi connectivity index (χ2v) is 8.31. The van der Waals surface area contributed by atoms with E-state index in [0.717, 1.165) is 37.4 Å². The molecular formula is C21H32N6O2. The van der Waals surface area contributed by atoms with Crippen molar-refractivity contribution in [3.8, 4) is 0 Å². The SMILES string of the molecule is Cc1nc(CN2CCC(CNC(=O)C(C)n3ccnc3C(C)C)CC2)cc(=O)[nH]1. The van der Waals surface area contributed by atoms with Crippen molar-refractivity contribution in [3.63, 3.8) is 0 Å². The Hall–Kier alpha value is -2.48. The van der Waals surface area contributed by atoms with E-state index in [1.807, 2.05) is 17.7 Å². The molecule has 0 saturated carbocycles. The van der Waals surface area contributed by atoms with Crippen LogP contribution < -0.4 is 10.9 Å². The van der Waals surface area contributed by atoms with Gasteiger partial charge in [-0.2, -0.15) is 0 Å². The van der Waals surface area contributed by atoms with Gasteiger partial charge in [0, 0.05) is 37.5 Å². The number of imidazole rings is 1. The number of nitrogens with zero attached hydrogens (tertiary/aromatic N) is 4. The summed E-state index contributed by atoms with van der Waals surface area (Å²) < 4.78 is 1.96. The number of H-pyrrole nitrogens is 1. The van der Waals surface area contributed by atoms with Gasteiger partial charge in [-0.1, -0.05) is 13.8 Å². The minimum Gasteiger partial charge on any atom is -0.354 e. The number of piperidine rings is 1. The van der Waals surface area contributed by atoms with E-state index in [9.17, 15) is 9.59 Å². The summed E-state index contributed by atoms with van der Waals surface area (Å²) in [5.41, 5.74) is 0.714. The van der Waals surface area contributed by atoms with Crippen LogP contribution in [-0.4, -0.2) is 50.0 Å². The molecule has 1 amide bonds. The molecule has 1 atom stereocenters. The quantitative estimate of drug-likeness (QED) is 0.741. The third-order valence-corrected chi connectivity index (χ3v) is 5.58. The van der Waals surface area contributed by atoms with Crippen LogP contribution in [-0.2, 0) is 11.3 Å². The number of aryl methyl sites for hydroxylation is 1. The number of aromatic nitrogens is 4. The second kappa shape index (κ2) is 9.35. The molecule has 3 rings (SSSR count). The zero-order valence-electron chi connectivity index (χ0n) is 17.8. The lowest BCUT2D eigenvalue weighted by Gasteiger charge is -2.32. The molecule has 3 heterocycles. The van der Waals surface area contributed by atoms with Gasteiger partial charge in [0.25, 0.3) is 5.56 Å². The molecule has 8 nitrogen and oxygen atoms in total. The van der Waals surface area contributed by atoms with Crippen LogP contribution in [0.5, 0.6) is 0 Å². The number of rotatable bonds is 7. The Morgan fingerprint density at radius 1 is 1.31 bits per heavy atom. The smallest absolute Gasteiger partial charge is 0.251 e. The topological polar surface area (TPSA) is 95.9 Å². The van der Waals surface area contributed by atoms with Crippen LogP contribution in [0.4, 0.5) is 0 Å². The maximum Gasteiger partial charge on any atom is 0.251 e. The molecule has 1 aliphatic heterocycles. The zero-order valence-corrected chi connectivity index (χ0v) is 17.8. The predicted octanol–water partition coefficient (Wildman–Crippen LogP) is 1.99. The maximum absolute atomic E-state index is 12.6. The van der Waals surface area contributed by atoms with Crippen LogP contribution in [0.2, 0.25) is 0 Å². The summed E-state index contributed by atoms with van der Waals surface area (Å²) in [6.07, 6.45) is 5.69. The first-order chi connectivity index (χ1) is 13.8. The van der Waals surface area contributed by atoms with Gasteiger partial charge in [-0.05, 0) is 45.7 Å². The number of carbonyl (C=O) groups is 1. The summed E-state index contributed by atoms with van der Waals surface area (Å²) in [6, 6.07) is 1.31. The molecule has 0 aliphatic carbocycles. The molecule has 1 aliphatic rings. The Labute approximate surface area is 171 Å². The van der Waals surface area contributed by atoms with Crippen LogP contribution in [0.25, 0.3) is 0 Å². The number of amides is 1. The van der Waals surface area contributed by atoms with Crippen molar-refractivity contribution >= 4 is 5.91 Å². The molecular weight excluding hydrogens is 368 g/mol. The monoisotopic (exact) mass is 400 g/mol. The summed E-state index contributed by atoms with van der Waals surface area (Å²) >= 11 is 0. The average molecular weight is 401 g/mol. The van der Waals surface area contributed by atoms with Gasteiger partial charge in [-0.15, -0.1) is 0 Å². The lowest BCUT2D eigenvalue weighted by atomic mass is 9.96. The Morgan fingerprint density at radius 3 is 2.69 bits per heavy atom. The van der Waals surface area contributed by atoms with Gasteiger partial charge in [0.1, 0.15) is 17.7 Å². The Balaban J connectivity index is 1.45. The predicted molar refractivity (Wildman–Crippen MR) is 112 cm³/mol. The first kappa shape index (κ1) is 21.2. The first-order valence-electron chi connectivity index (χ1n) is 10.4. The zero-order chi connectivity index (χ0) is 21.0. The molecule has 1 unspecified atom stereocenters. The molecule has 0 spiro atoms. The van der Waals surface area contributed by atoms with Crippen LogP contribution in [0.15, 0.2) is 23.3 Å². The number of likely N-dealkylation sites (tertiary alicyclic amines) is 1. The minimum atomic E-state index is -0.263. The van der Waals surface area contributed by atoms with Crippen molar-refractivity contribution in [2.45, 2.75) is 59.0 Å². The van der Waals surface area contributed by atoms with Crippen molar-refractivity contribution < 1.29 is 4.79 Å². The van der Waals surface area contributed by atoms with Crippen molar-refractivity contribution in [1.29, 1.82) is 0 Å². The molecule has 8 heteroatoms. The van der Waals surface area contributed by atoms with E-state index in [1.54, 1.807) is 19.2 Å². The Morgan fingerprint density at radius 2 is 2.03 bits per heavy atom. The summed E-state index contributed by atoms with van der Waals surface area (Å²) in [6.45, 7) is 11.2. The first-order valence-corrected chi connectivity index (χ1v) is 10.4. The van der Waals surface area contributed by atoms with E-state index in [4.69, 9.17) is 0 Å². The van der Waals surface area contributed by atoms with E-state index in [1.165, 1.54) is 0 Å². The summed E-state index contributed by atoms with van der Waals surface area (Å²) in [5.74, 6) is 2.38. The van der Waals surface area contributed by atoms with Gasteiger partial charge in [0.15, 0.2) is 0 Å². The fourth-order valence-electron chi connectivity index (χ4n) is 3.92. The van der Waals surface area contributed by atoms with Gasteiger partial charge in [0.05, 0.1) is 5.69 Å². The summed E-state index contributed by atoms with van der Waals surface area (Å²) in [4.78, 5) is 38.0. The van der Waals surface area contributed by atoms with Gasteiger partial charge >= 0.3 is 0 Å². The number of aromatic amines is 1. The van der Waals surface area contributed by atoms with Crippen molar-refractivity contribution in [2.75, 3.05) is 19.6 Å². The van der Waals surface area contributed by atoms with E-state index < -0.39 is 0 Å². The standard InChI is InChI=1S/C21H32N6O2/c1-14(2)20-22-7-10-27(20)15(3)21(29)23-12-17-5-8-26(9-6-17)13-18-11-19(28)25-16(4)24-18/h7,10-11,14-15,17H,5-6,8-9,12-13H2,1-4H3,(H,23,29)(H,24,25,28). The minimum absolute atomic E-state index is 0.0375. The molecule has 2 aromatic rings. The molecule has 29 heavy (non-hydrogen) atoms.